The number of rotatable bonds is 2. The molecule has 4 nitrogen and oxygen atoms in total. The molecule has 4 heteroatoms. The van der Waals surface area contributed by atoms with Crippen LogP contribution in [0.2, 0.25) is 0 Å². The molecule has 1 aromatic rings. The zero-order valence-corrected chi connectivity index (χ0v) is 9.02. The standard InChI is InChI=1S/C11H17N3O/c1-11(4-2-3-5-15-11)10(12)9-6-13-8-14-7-9/h6-8,10H,2-5,12H2,1H3. The number of nitrogens with zero attached hydrogens (tertiary/aromatic N) is 2. The van der Waals surface area contributed by atoms with Gasteiger partial charge in [0.15, 0.2) is 0 Å². The summed E-state index contributed by atoms with van der Waals surface area (Å²) in [4.78, 5) is 7.97. The van der Waals surface area contributed by atoms with Crippen molar-refractivity contribution in [3.8, 4) is 0 Å². The van der Waals surface area contributed by atoms with Crippen LogP contribution in [-0.4, -0.2) is 22.2 Å². The average Bonchev–Trinajstić information content (AvgIpc) is 2.30. The van der Waals surface area contributed by atoms with Crippen LogP contribution in [0.1, 0.15) is 37.8 Å². The van der Waals surface area contributed by atoms with Crippen molar-refractivity contribution in [2.75, 3.05) is 6.61 Å². The van der Waals surface area contributed by atoms with E-state index in [9.17, 15) is 0 Å². The molecule has 0 saturated carbocycles. The largest absolute Gasteiger partial charge is 0.373 e. The summed E-state index contributed by atoms with van der Waals surface area (Å²) in [5.41, 5.74) is 6.88. The van der Waals surface area contributed by atoms with Crippen LogP contribution < -0.4 is 5.73 Å². The van der Waals surface area contributed by atoms with Crippen LogP contribution in [0, 0.1) is 0 Å². The molecule has 0 amide bonds. The highest BCUT2D eigenvalue weighted by Crippen LogP contribution is 2.34. The Hall–Kier alpha value is -1.00. The zero-order chi connectivity index (χ0) is 10.7. The van der Waals surface area contributed by atoms with Crippen molar-refractivity contribution in [2.24, 2.45) is 5.73 Å². The van der Waals surface area contributed by atoms with E-state index in [4.69, 9.17) is 10.5 Å². The molecule has 15 heavy (non-hydrogen) atoms. The van der Waals surface area contributed by atoms with E-state index >= 15 is 0 Å². The van der Waals surface area contributed by atoms with Gasteiger partial charge in [-0.1, -0.05) is 0 Å². The van der Waals surface area contributed by atoms with Gasteiger partial charge in [0.25, 0.3) is 0 Å². The minimum absolute atomic E-state index is 0.140. The number of nitrogens with two attached hydrogens (primary N) is 1. The van der Waals surface area contributed by atoms with Gasteiger partial charge in [-0.2, -0.15) is 0 Å². The predicted octanol–water partition coefficient (Wildman–Crippen LogP) is 1.44. The summed E-state index contributed by atoms with van der Waals surface area (Å²) >= 11 is 0. The molecule has 1 saturated heterocycles. The minimum atomic E-state index is -0.261. The van der Waals surface area contributed by atoms with Crippen LogP contribution in [0.15, 0.2) is 18.7 Å². The maximum absolute atomic E-state index is 6.20. The second-order valence-corrected chi connectivity index (χ2v) is 4.27. The molecule has 2 atom stereocenters. The lowest BCUT2D eigenvalue weighted by Gasteiger charge is -2.38. The third-order valence-corrected chi connectivity index (χ3v) is 3.10. The number of hydrogen-bond donors (Lipinski definition) is 1. The van der Waals surface area contributed by atoms with Gasteiger partial charge >= 0.3 is 0 Å². The fourth-order valence-electron chi connectivity index (χ4n) is 2.02. The summed E-state index contributed by atoms with van der Waals surface area (Å²) < 4.78 is 5.80. The van der Waals surface area contributed by atoms with E-state index in [-0.39, 0.29) is 11.6 Å². The van der Waals surface area contributed by atoms with Crippen LogP contribution in [0.3, 0.4) is 0 Å². The quantitative estimate of drug-likeness (QED) is 0.797. The molecule has 0 aromatic carbocycles. The highest BCUT2D eigenvalue weighted by Gasteiger charge is 2.35. The average molecular weight is 207 g/mol. The minimum Gasteiger partial charge on any atom is -0.373 e. The highest BCUT2D eigenvalue weighted by molar-refractivity contribution is 5.14. The number of ether oxygens (including phenoxy) is 1. The van der Waals surface area contributed by atoms with Crippen LogP contribution in [-0.2, 0) is 4.74 Å². The van der Waals surface area contributed by atoms with Crippen molar-refractivity contribution in [1.82, 2.24) is 9.97 Å². The summed E-state index contributed by atoms with van der Waals surface area (Å²) in [7, 11) is 0. The SMILES string of the molecule is CC1(C(N)c2cncnc2)CCCCO1. The molecule has 2 rings (SSSR count). The summed E-state index contributed by atoms with van der Waals surface area (Å²) in [6.45, 7) is 2.88. The predicted molar refractivity (Wildman–Crippen MR) is 57.2 cm³/mol. The molecule has 2 N–H and O–H groups in total. The van der Waals surface area contributed by atoms with Crippen LogP contribution in [0.4, 0.5) is 0 Å². The van der Waals surface area contributed by atoms with Gasteiger partial charge < -0.3 is 10.5 Å². The smallest absolute Gasteiger partial charge is 0.115 e. The Morgan fingerprint density at radius 1 is 1.40 bits per heavy atom. The van der Waals surface area contributed by atoms with Gasteiger partial charge in [-0.05, 0) is 26.2 Å². The second kappa shape index (κ2) is 4.24. The van der Waals surface area contributed by atoms with E-state index in [1.54, 1.807) is 12.4 Å². The van der Waals surface area contributed by atoms with Gasteiger partial charge in [-0.25, -0.2) is 9.97 Å². The van der Waals surface area contributed by atoms with Gasteiger partial charge in [0.2, 0.25) is 0 Å². The highest BCUT2D eigenvalue weighted by atomic mass is 16.5. The van der Waals surface area contributed by atoms with Crippen LogP contribution in [0.25, 0.3) is 0 Å². The summed E-state index contributed by atoms with van der Waals surface area (Å²) in [6, 6.07) is -0.140. The van der Waals surface area contributed by atoms with E-state index in [1.807, 2.05) is 0 Å². The van der Waals surface area contributed by atoms with Crippen molar-refractivity contribution in [3.63, 3.8) is 0 Å². The first-order valence-electron chi connectivity index (χ1n) is 5.37. The third kappa shape index (κ3) is 2.16. The summed E-state index contributed by atoms with van der Waals surface area (Å²) in [6.07, 6.45) is 8.36. The van der Waals surface area contributed by atoms with Crippen LogP contribution in [0.5, 0.6) is 0 Å². The summed E-state index contributed by atoms with van der Waals surface area (Å²) in [5, 5.41) is 0. The molecule has 0 radical (unpaired) electrons. The Kier molecular flexibility index (Phi) is 2.98. The molecule has 0 aliphatic carbocycles. The molecule has 0 bridgehead atoms. The lowest BCUT2D eigenvalue weighted by atomic mass is 9.86. The number of hydrogen-bond acceptors (Lipinski definition) is 4. The lowest BCUT2D eigenvalue weighted by molar-refractivity contribution is -0.0821. The first kappa shape index (κ1) is 10.5. The molecule has 1 aromatic heterocycles. The van der Waals surface area contributed by atoms with E-state index < -0.39 is 0 Å². The second-order valence-electron chi connectivity index (χ2n) is 4.27. The topological polar surface area (TPSA) is 61.0 Å². The van der Waals surface area contributed by atoms with E-state index in [2.05, 4.69) is 16.9 Å². The van der Waals surface area contributed by atoms with E-state index in [0.717, 1.165) is 25.0 Å². The molecule has 1 aliphatic heterocycles. The van der Waals surface area contributed by atoms with Gasteiger partial charge in [0.05, 0.1) is 11.6 Å². The molecular formula is C11H17N3O. The molecule has 1 fully saturated rings. The Bertz CT molecular complexity index is 309. The van der Waals surface area contributed by atoms with Crippen LogP contribution >= 0.6 is 0 Å². The Morgan fingerprint density at radius 3 is 2.73 bits per heavy atom. The molecule has 2 unspecified atom stereocenters. The van der Waals surface area contributed by atoms with Gasteiger partial charge in [0, 0.05) is 24.6 Å². The Morgan fingerprint density at radius 2 is 2.13 bits per heavy atom. The van der Waals surface area contributed by atoms with Gasteiger partial charge in [-0.15, -0.1) is 0 Å². The maximum atomic E-state index is 6.20. The first-order valence-corrected chi connectivity index (χ1v) is 5.37. The normalized spacial score (nSPS) is 28.7. The first-order chi connectivity index (χ1) is 7.22. The lowest BCUT2D eigenvalue weighted by Crippen LogP contribution is -2.43. The van der Waals surface area contributed by atoms with Crippen molar-refractivity contribution < 1.29 is 4.74 Å². The molecule has 1 aliphatic rings. The molecule has 2 heterocycles. The molecule has 0 spiro atoms. The van der Waals surface area contributed by atoms with Crippen molar-refractivity contribution in [1.29, 1.82) is 0 Å². The summed E-state index contributed by atoms with van der Waals surface area (Å²) in [5.74, 6) is 0. The van der Waals surface area contributed by atoms with Crippen molar-refractivity contribution in [2.45, 2.75) is 37.8 Å². The van der Waals surface area contributed by atoms with E-state index in [0.29, 0.717) is 0 Å². The maximum Gasteiger partial charge on any atom is 0.115 e. The fraction of sp³-hybridized carbons (Fsp3) is 0.636. The zero-order valence-electron chi connectivity index (χ0n) is 9.02. The van der Waals surface area contributed by atoms with Gasteiger partial charge in [0.1, 0.15) is 6.33 Å². The fourth-order valence-corrected chi connectivity index (χ4v) is 2.02. The van der Waals surface area contributed by atoms with Gasteiger partial charge in [-0.3, -0.25) is 0 Å². The third-order valence-electron chi connectivity index (χ3n) is 3.10. The Balaban J connectivity index is 2.16. The van der Waals surface area contributed by atoms with Crippen molar-refractivity contribution >= 4 is 0 Å². The van der Waals surface area contributed by atoms with E-state index in [1.165, 1.54) is 12.7 Å². The monoisotopic (exact) mass is 207 g/mol. The van der Waals surface area contributed by atoms with Crippen molar-refractivity contribution in [3.05, 3.63) is 24.3 Å². The Labute approximate surface area is 89.9 Å². The number of aromatic nitrogens is 2. The molecule has 82 valence electrons. The molecular weight excluding hydrogens is 190 g/mol.